The molecule has 2 rings (SSSR count). The van der Waals surface area contributed by atoms with E-state index < -0.39 is 0 Å². The van der Waals surface area contributed by atoms with Crippen LogP contribution < -0.4 is 16.6 Å². The molecule has 1 atom stereocenters. The van der Waals surface area contributed by atoms with Gasteiger partial charge in [0.2, 0.25) is 0 Å². The number of para-hydroxylation sites is 1. The van der Waals surface area contributed by atoms with E-state index in [4.69, 9.17) is 5.84 Å². The highest BCUT2D eigenvalue weighted by Gasteiger charge is 2.16. The summed E-state index contributed by atoms with van der Waals surface area (Å²) in [5.41, 5.74) is 3.73. The third-order valence-electron chi connectivity index (χ3n) is 2.93. The quantitative estimate of drug-likeness (QED) is 0.580. The molecular formula is C14H17N3OS. The van der Waals surface area contributed by atoms with Gasteiger partial charge in [-0.3, -0.25) is 10.6 Å². The molecule has 19 heavy (non-hydrogen) atoms. The topological polar surface area (TPSA) is 67.2 Å². The summed E-state index contributed by atoms with van der Waals surface area (Å²) in [6.07, 6.45) is 0.852. The van der Waals surface area contributed by atoms with Gasteiger partial charge in [-0.25, -0.2) is 0 Å². The first-order chi connectivity index (χ1) is 9.26. The van der Waals surface area contributed by atoms with Crippen LogP contribution in [0, 0.1) is 0 Å². The molecule has 0 aliphatic heterocycles. The van der Waals surface area contributed by atoms with Gasteiger partial charge in [-0.2, -0.15) is 0 Å². The Bertz CT molecular complexity index is 539. The van der Waals surface area contributed by atoms with E-state index in [-0.39, 0.29) is 11.9 Å². The minimum atomic E-state index is -0.117. The van der Waals surface area contributed by atoms with Crippen molar-refractivity contribution in [1.29, 1.82) is 0 Å². The Labute approximate surface area is 116 Å². The zero-order valence-corrected chi connectivity index (χ0v) is 11.5. The van der Waals surface area contributed by atoms with E-state index in [1.165, 1.54) is 0 Å². The molecule has 5 heteroatoms. The molecule has 4 nitrogen and oxygen atoms in total. The van der Waals surface area contributed by atoms with Crippen LogP contribution in [0.1, 0.15) is 34.6 Å². The van der Waals surface area contributed by atoms with E-state index in [0.717, 1.165) is 11.3 Å². The Hall–Kier alpha value is -1.85. The van der Waals surface area contributed by atoms with E-state index in [1.54, 1.807) is 23.5 Å². The lowest BCUT2D eigenvalue weighted by Gasteiger charge is -2.16. The summed E-state index contributed by atoms with van der Waals surface area (Å²) in [6.45, 7) is 2.05. The van der Waals surface area contributed by atoms with Crippen molar-refractivity contribution >= 4 is 22.9 Å². The second-order valence-corrected chi connectivity index (χ2v) is 5.12. The molecule has 1 aromatic carbocycles. The molecule has 1 amide bonds. The SMILES string of the molecule is CCC(NC(=O)c1ccccc1NN)c1cccs1. The maximum Gasteiger partial charge on any atom is 0.253 e. The van der Waals surface area contributed by atoms with Gasteiger partial charge in [-0.1, -0.05) is 25.1 Å². The lowest BCUT2D eigenvalue weighted by atomic mass is 10.1. The predicted molar refractivity (Wildman–Crippen MR) is 79.1 cm³/mol. The van der Waals surface area contributed by atoms with Crippen molar-refractivity contribution in [2.75, 3.05) is 5.43 Å². The number of amides is 1. The number of rotatable bonds is 5. The minimum Gasteiger partial charge on any atom is -0.344 e. The molecule has 2 aromatic rings. The smallest absolute Gasteiger partial charge is 0.253 e. The van der Waals surface area contributed by atoms with Crippen molar-refractivity contribution in [3.05, 3.63) is 52.2 Å². The molecule has 1 aromatic heterocycles. The molecule has 1 heterocycles. The summed E-state index contributed by atoms with van der Waals surface area (Å²) in [6, 6.07) is 11.3. The number of carbonyl (C=O) groups is 1. The van der Waals surface area contributed by atoms with Gasteiger partial charge in [0, 0.05) is 4.88 Å². The molecule has 1 unspecified atom stereocenters. The maximum absolute atomic E-state index is 12.3. The standard InChI is InChI=1S/C14H17N3OS/c1-2-11(13-8-5-9-19-13)16-14(18)10-6-3-4-7-12(10)17-15/h3-9,11,17H,2,15H2,1H3,(H,16,18). The molecule has 0 saturated heterocycles. The molecule has 0 saturated carbocycles. The Morgan fingerprint density at radius 2 is 2.11 bits per heavy atom. The summed E-state index contributed by atoms with van der Waals surface area (Å²) < 4.78 is 0. The summed E-state index contributed by atoms with van der Waals surface area (Å²) in [5.74, 6) is 5.30. The van der Waals surface area contributed by atoms with Crippen LogP contribution in [0.4, 0.5) is 5.69 Å². The first-order valence-electron chi connectivity index (χ1n) is 6.16. The van der Waals surface area contributed by atoms with Gasteiger partial charge >= 0.3 is 0 Å². The van der Waals surface area contributed by atoms with Crippen LogP contribution in [-0.4, -0.2) is 5.91 Å². The van der Waals surface area contributed by atoms with Crippen LogP contribution in [0.2, 0.25) is 0 Å². The van der Waals surface area contributed by atoms with Crippen molar-refractivity contribution in [1.82, 2.24) is 5.32 Å². The number of nitrogen functional groups attached to an aromatic ring is 1. The average Bonchev–Trinajstić information content (AvgIpc) is 2.98. The molecular weight excluding hydrogens is 258 g/mol. The Morgan fingerprint density at radius 1 is 1.32 bits per heavy atom. The molecule has 0 spiro atoms. The largest absolute Gasteiger partial charge is 0.344 e. The Balaban J connectivity index is 2.16. The van der Waals surface area contributed by atoms with E-state index >= 15 is 0 Å². The van der Waals surface area contributed by atoms with E-state index in [2.05, 4.69) is 17.7 Å². The Morgan fingerprint density at radius 3 is 2.74 bits per heavy atom. The fourth-order valence-electron chi connectivity index (χ4n) is 1.91. The van der Waals surface area contributed by atoms with Crippen molar-refractivity contribution in [3.63, 3.8) is 0 Å². The van der Waals surface area contributed by atoms with Gasteiger partial charge in [0.05, 0.1) is 17.3 Å². The van der Waals surface area contributed by atoms with Crippen molar-refractivity contribution in [2.24, 2.45) is 5.84 Å². The van der Waals surface area contributed by atoms with Crippen molar-refractivity contribution < 1.29 is 4.79 Å². The summed E-state index contributed by atoms with van der Waals surface area (Å²) >= 11 is 1.65. The number of anilines is 1. The number of thiophene rings is 1. The van der Waals surface area contributed by atoms with E-state index in [9.17, 15) is 4.79 Å². The van der Waals surface area contributed by atoms with Crippen LogP contribution >= 0.6 is 11.3 Å². The van der Waals surface area contributed by atoms with Crippen LogP contribution in [-0.2, 0) is 0 Å². The maximum atomic E-state index is 12.3. The molecule has 0 bridgehead atoms. The number of hydrogen-bond acceptors (Lipinski definition) is 4. The van der Waals surface area contributed by atoms with Crippen molar-refractivity contribution in [2.45, 2.75) is 19.4 Å². The van der Waals surface area contributed by atoms with E-state index in [1.807, 2.05) is 29.6 Å². The fourth-order valence-corrected chi connectivity index (χ4v) is 2.77. The van der Waals surface area contributed by atoms with Crippen LogP contribution in [0.25, 0.3) is 0 Å². The molecule has 0 fully saturated rings. The monoisotopic (exact) mass is 275 g/mol. The second-order valence-electron chi connectivity index (χ2n) is 4.14. The van der Waals surface area contributed by atoms with Gasteiger partial charge in [-0.05, 0) is 30.0 Å². The molecule has 0 aliphatic rings. The molecule has 100 valence electrons. The number of nitrogens with two attached hydrogens (primary N) is 1. The first-order valence-corrected chi connectivity index (χ1v) is 7.04. The Kier molecular flexibility index (Phi) is 4.54. The number of carbonyl (C=O) groups excluding carboxylic acids is 1. The van der Waals surface area contributed by atoms with Gasteiger partial charge < -0.3 is 10.7 Å². The lowest BCUT2D eigenvalue weighted by Crippen LogP contribution is -2.28. The van der Waals surface area contributed by atoms with Gasteiger partial charge in [0.25, 0.3) is 5.91 Å². The van der Waals surface area contributed by atoms with Gasteiger partial charge in [-0.15, -0.1) is 11.3 Å². The lowest BCUT2D eigenvalue weighted by molar-refractivity contribution is 0.0937. The highest BCUT2D eigenvalue weighted by Crippen LogP contribution is 2.23. The number of nitrogens with one attached hydrogen (secondary N) is 2. The zero-order chi connectivity index (χ0) is 13.7. The summed E-state index contributed by atoms with van der Waals surface area (Å²) in [7, 11) is 0. The predicted octanol–water partition coefficient (Wildman–Crippen LogP) is 2.91. The second kappa shape index (κ2) is 6.36. The van der Waals surface area contributed by atoms with Crippen molar-refractivity contribution in [3.8, 4) is 0 Å². The molecule has 0 aliphatic carbocycles. The molecule has 0 radical (unpaired) electrons. The third kappa shape index (κ3) is 3.13. The number of benzene rings is 1. The zero-order valence-electron chi connectivity index (χ0n) is 10.7. The minimum absolute atomic E-state index is 0.0401. The third-order valence-corrected chi connectivity index (χ3v) is 3.91. The highest BCUT2D eigenvalue weighted by atomic mass is 32.1. The molecule has 4 N–H and O–H groups in total. The summed E-state index contributed by atoms with van der Waals surface area (Å²) in [4.78, 5) is 13.4. The average molecular weight is 275 g/mol. The van der Waals surface area contributed by atoms with Gasteiger partial charge in [0.15, 0.2) is 0 Å². The number of hydrogen-bond donors (Lipinski definition) is 3. The van der Waals surface area contributed by atoms with Gasteiger partial charge in [0.1, 0.15) is 0 Å². The number of hydrazine groups is 1. The van der Waals surface area contributed by atoms with E-state index in [0.29, 0.717) is 11.3 Å². The summed E-state index contributed by atoms with van der Waals surface area (Å²) in [5, 5.41) is 5.05. The first kappa shape index (κ1) is 13.6. The van der Waals surface area contributed by atoms with Crippen LogP contribution in [0.15, 0.2) is 41.8 Å². The normalized spacial score (nSPS) is 11.9. The van der Waals surface area contributed by atoms with Crippen LogP contribution in [0.3, 0.4) is 0 Å². The highest BCUT2D eigenvalue weighted by molar-refractivity contribution is 7.10. The fraction of sp³-hybridized carbons (Fsp3) is 0.214. The van der Waals surface area contributed by atoms with Crippen LogP contribution in [0.5, 0.6) is 0 Å².